The summed E-state index contributed by atoms with van der Waals surface area (Å²) in [7, 11) is -3.60. The van der Waals surface area contributed by atoms with E-state index in [4.69, 9.17) is 0 Å². The monoisotopic (exact) mass is 411 g/mol. The maximum atomic E-state index is 12.7. The summed E-state index contributed by atoms with van der Waals surface area (Å²) in [4.78, 5) is 17.6. The van der Waals surface area contributed by atoms with E-state index in [1.807, 2.05) is 45.0 Å². The summed E-state index contributed by atoms with van der Waals surface area (Å²) >= 11 is 0. The van der Waals surface area contributed by atoms with Crippen molar-refractivity contribution in [2.45, 2.75) is 31.6 Å². The number of carbonyl (C=O) groups excluding carboxylic acids is 1. The van der Waals surface area contributed by atoms with Gasteiger partial charge in [-0.3, -0.25) is 9.78 Å². The number of benzene rings is 2. The molecule has 6 nitrogen and oxygen atoms in total. The lowest BCUT2D eigenvalue weighted by Gasteiger charge is -2.12. The Balaban J connectivity index is 1.67. The summed E-state index contributed by atoms with van der Waals surface area (Å²) in [5.74, 6) is -0.0625. The van der Waals surface area contributed by atoms with Gasteiger partial charge in [0.05, 0.1) is 16.0 Å². The molecule has 29 heavy (non-hydrogen) atoms. The van der Waals surface area contributed by atoms with E-state index < -0.39 is 10.0 Å². The number of hydrogen-bond acceptors (Lipinski definition) is 4. The zero-order chi connectivity index (χ0) is 21.0. The summed E-state index contributed by atoms with van der Waals surface area (Å²) in [6.07, 6.45) is 0. The molecule has 0 fully saturated rings. The first-order valence-electron chi connectivity index (χ1n) is 9.52. The number of hydrogen-bond donors (Lipinski definition) is 2. The van der Waals surface area contributed by atoms with Crippen molar-refractivity contribution in [1.82, 2.24) is 15.0 Å². The summed E-state index contributed by atoms with van der Waals surface area (Å²) in [5.41, 5.74) is 3.14. The number of sulfonamides is 1. The number of aromatic nitrogens is 1. The molecule has 2 aromatic carbocycles. The van der Waals surface area contributed by atoms with Gasteiger partial charge in [0, 0.05) is 24.2 Å². The number of amides is 1. The predicted octanol–water partition coefficient (Wildman–Crippen LogP) is 3.37. The SMILES string of the molecule is Cc1ccc(S(=O)(=O)NCCNC(=O)c2cc(C(C)C)nc3ccccc23)cc1. The van der Waals surface area contributed by atoms with E-state index in [1.165, 1.54) is 0 Å². The molecule has 1 aromatic heterocycles. The van der Waals surface area contributed by atoms with E-state index in [9.17, 15) is 13.2 Å². The Morgan fingerprint density at radius 2 is 1.72 bits per heavy atom. The van der Waals surface area contributed by atoms with Gasteiger partial charge < -0.3 is 5.32 Å². The zero-order valence-corrected chi connectivity index (χ0v) is 17.6. The van der Waals surface area contributed by atoms with Crippen molar-refractivity contribution in [2.24, 2.45) is 0 Å². The predicted molar refractivity (Wildman–Crippen MR) is 115 cm³/mol. The molecule has 0 spiro atoms. The molecule has 152 valence electrons. The Hall–Kier alpha value is -2.77. The number of nitrogens with zero attached hydrogens (tertiary/aromatic N) is 1. The van der Waals surface area contributed by atoms with Gasteiger partial charge in [0.25, 0.3) is 5.91 Å². The Morgan fingerprint density at radius 1 is 1.03 bits per heavy atom. The second-order valence-corrected chi connectivity index (χ2v) is 9.00. The van der Waals surface area contributed by atoms with E-state index >= 15 is 0 Å². The standard InChI is InChI=1S/C22H25N3O3S/c1-15(2)21-14-19(18-6-4-5-7-20(18)25-21)22(26)23-12-13-24-29(27,28)17-10-8-16(3)9-11-17/h4-11,14-15,24H,12-13H2,1-3H3,(H,23,26). The lowest BCUT2D eigenvalue weighted by molar-refractivity contribution is 0.0956. The van der Waals surface area contributed by atoms with Crippen LogP contribution >= 0.6 is 0 Å². The van der Waals surface area contributed by atoms with Crippen LogP contribution in [-0.4, -0.2) is 32.4 Å². The zero-order valence-electron chi connectivity index (χ0n) is 16.8. The molecule has 3 rings (SSSR count). The third-order valence-electron chi connectivity index (χ3n) is 4.61. The molecule has 0 atom stereocenters. The molecule has 0 aliphatic rings. The van der Waals surface area contributed by atoms with Crippen LogP contribution in [0.5, 0.6) is 0 Å². The number of nitrogens with one attached hydrogen (secondary N) is 2. The molecule has 3 aromatic rings. The minimum absolute atomic E-state index is 0.0992. The summed E-state index contributed by atoms with van der Waals surface area (Å²) in [5, 5.41) is 3.57. The lowest BCUT2D eigenvalue weighted by atomic mass is 10.0. The first kappa shape index (κ1) is 21.0. The van der Waals surface area contributed by atoms with Crippen molar-refractivity contribution in [3.8, 4) is 0 Å². The van der Waals surface area contributed by atoms with Gasteiger partial charge in [0.15, 0.2) is 0 Å². The maximum Gasteiger partial charge on any atom is 0.252 e. The van der Waals surface area contributed by atoms with Crippen LogP contribution in [0.4, 0.5) is 0 Å². The molecule has 7 heteroatoms. The summed E-state index contributed by atoms with van der Waals surface area (Å²) < 4.78 is 27.2. The molecule has 1 heterocycles. The number of para-hydroxylation sites is 1. The molecule has 0 radical (unpaired) electrons. The Morgan fingerprint density at radius 3 is 2.41 bits per heavy atom. The van der Waals surface area contributed by atoms with Crippen molar-refractivity contribution in [1.29, 1.82) is 0 Å². The number of aryl methyl sites for hydroxylation is 1. The van der Waals surface area contributed by atoms with Crippen LogP contribution in [0.15, 0.2) is 59.5 Å². The van der Waals surface area contributed by atoms with Crippen molar-refractivity contribution in [3.63, 3.8) is 0 Å². The van der Waals surface area contributed by atoms with E-state index in [2.05, 4.69) is 15.0 Å². The van der Waals surface area contributed by atoms with Gasteiger partial charge in [-0.15, -0.1) is 0 Å². The van der Waals surface area contributed by atoms with Crippen LogP contribution in [0.25, 0.3) is 10.9 Å². The lowest BCUT2D eigenvalue weighted by Crippen LogP contribution is -2.34. The smallest absolute Gasteiger partial charge is 0.252 e. The molecular formula is C22H25N3O3S. The highest BCUT2D eigenvalue weighted by Crippen LogP contribution is 2.22. The van der Waals surface area contributed by atoms with E-state index in [0.717, 1.165) is 22.2 Å². The highest BCUT2D eigenvalue weighted by atomic mass is 32.2. The number of pyridine rings is 1. The Labute approximate surface area is 171 Å². The van der Waals surface area contributed by atoms with Crippen LogP contribution in [0.3, 0.4) is 0 Å². The topological polar surface area (TPSA) is 88.2 Å². The third-order valence-corrected chi connectivity index (χ3v) is 6.08. The minimum atomic E-state index is -3.60. The molecule has 0 saturated heterocycles. The van der Waals surface area contributed by atoms with Crippen molar-refractivity contribution in [2.75, 3.05) is 13.1 Å². The second kappa shape index (κ2) is 8.71. The Bertz CT molecular complexity index is 1120. The quantitative estimate of drug-likeness (QED) is 0.584. The second-order valence-electron chi connectivity index (χ2n) is 7.23. The van der Waals surface area contributed by atoms with Gasteiger partial charge >= 0.3 is 0 Å². The van der Waals surface area contributed by atoms with Crippen molar-refractivity contribution in [3.05, 3.63) is 71.4 Å². The van der Waals surface area contributed by atoms with Crippen LogP contribution < -0.4 is 10.0 Å². The molecule has 0 saturated carbocycles. The third kappa shape index (κ3) is 4.99. The molecule has 1 amide bonds. The Kier molecular flexibility index (Phi) is 6.30. The van der Waals surface area contributed by atoms with E-state index in [1.54, 1.807) is 30.3 Å². The number of rotatable bonds is 7. The average Bonchev–Trinajstić information content (AvgIpc) is 2.70. The largest absolute Gasteiger partial charge is 0.351 e. The van der Waals surface area contributed by atoms with Crippen molar-refractivity contribution < 1.29 is 13.2 Å². The number of fused-ring (bicyclic) bond motifs is 1. The normalized spacial score (nSPS) is 11.7. The molecular weight excluding hydrogens is 386 g/mol. The van der Waals surface area contributed by atoms with Crippen LogP contribution in [0, 0.1) is 6.92 Å². The average molecular weight is 412 g/mol. The van der Waals surface area contributed by atoms with Gasteiger partial charge in [0.2, 0.25) is 10.0 Å². The van der Waals surface area contributed by atoms with E-state index in [0.29, 0.717) is 5.56 Å². The van der Waals surface area contributed by atoms with Crippen LogP contribution in [0.2, 0.25) is 0 Å². The highest BCUT2D eigenvalue weighted by molar-refractivity contribution is 7.89. The fourth-order valence-corrected chi connectivity index (χ4v) is 3.97. The molecule has 0 aliphatic carbocycles. The first-order chi connectivity index (χ1) is 13.8. The van der Waals surface area contributed by atoms with E-state index in [-0.39, 0.29) is 29.8 Å². The molecule has 0 unspecified atom stereocenters. The molecule has 0 aliphatic heterocycles. The number of carbonyl (C=O) groups is 1. The van der Waals surface area contributed by atoms with Crippen molar-refractivity contribution >= 4 is 26.8 Å². The van der Waals surface area contributed by atoms with Crippen LogP contribution in [0.1, 0.15) is 41.4 Å². The van der Waals surface area contributed by atoms with Gasteiger partial charge in [-0.25, -0.2) is 13.1 Å². The fraction of sp³-hybridized carbons (Fsp3) is 0.273. The molecule has 0 bridgehead atoms. The van der Waals surface area contributed by atoms with Gasteiger partial charge in [-0.05, 0) is 37.1 Å². The maximum absolute atomic E-state index is 12.7. The highest BCUT2D eigenvalue weighted by Gasteiger charge is 2.16. The van der Waals surface area contributed by atoms with Gasteiger partial charge in [-0.1, -0.05) is 49.7 Å². The fourth-order valence-electron chi connectivity index (χ4n) is 2.94. The van der Waals surface area contributed by atoms with Gasteiger partial charge in [-0.2, -0.15) is 0 Å². The first-order valence-corrected chi connectivity index (χ1v) is 11.0. The summed E-state index contributed by atoms with van der Waals surface area (Å²) in [6.45, 7) is 6.23. The molecule has 2 N–H and O–H groups in total. The minimum Gasteiger partial charge on any atom is -0.351 e. The summed E-state index contributed by atoms with van der Waals surface area (Å²) in [6, 6.07) is 15.9. The van der Waals surface area contributed by atoms with Crippen LogP contribution in [-0.2, 0) is 10.0 Å². The van der Waals surface area contributed by atoms with Gasteiger partial charge in [0.1, 0.15) is 0 Å².